The summed E-state index contributed by atoms with van der Waals surface area (Å²) in [5, 5.41) is 3.37. The Hall–Kier alpha value is -1.30. The molecular formula is C15H22N2. The minimum Gasteiger partial charge on any atom is -0.313 e. The lowest BCUT2D eigenvalue weighted by Crippen LogP contribution is -2.24. The van der Waals surface area contributed by atoms with Gasteiger partial charge in [0, 0.05) is 13.1 Å². The number of hydrogen-bond donors (Lipinski definition) is 1. The van der Waals surface area contributed by atoms with E-state index in [0.717, 1.165) is 26.2 Å². The maximum atomic E-state index is 5.37. The zero-order chi connectivity index (χ0) is 12.5. The zero-order valence-electron chi connectivity index (χ0n) is 10.9. The van der Waals surface area contributed by atoms with Crippen LogP contribution in [0.2, 0.25) is 0 Å². The van der Waals surface area contributed by atoms with Gasteiger partial charge >= 0.3 is 0 Å². The van der Waals surface area contributed by atoms with E-state index in [9.17, 15) is 0 Å². The van der Waals surface area contributed by atoms with Gasteiger partial charge in [0.25, 0.3) is 0 Å². The van der Waals surface area contributed by atoms with Gasteiger partial charge in [0.2, 0.25) is 0 Å². The molecule has 1 N–H and O–H groups in total. The van der Waals surface area contributed by atoms with E-state index in [4.69, 9.17) is 6.42 Å². The Morgan fingerprint density at radius 2 is 1.94 bits per heavy atom. The van der Waals surface area contributed by atoms with Crippen molar-refractivity contribution in [2.24, 2.45) is 0 Å². The summed E-state index contributed by atoms with van der Waals surface area (Å²) in [7, 11) is 0. The summed E-state index contributed by atoms with van der Waals surface area (Å²) in [6.07, 6.45) is 5.37. The molecule has 0 heterocycles. The first-order chi connectivity index (χ1) is 8.31. The molecule has 0 radical (unpaired) electrons. The molecule has 0 atom stereocenters. The van der Waals surface area contributed by atoms with Crippen LogP contribution < -0.4 is 5.32 Å². The highest BCUT2D eigenvalue weighted by Gasteiger charge is 2.05. The highest BCUT2D eigenvalue weighted by Crippen LogP contribution is 2.11. The Bertz CT molecular complexity index is 365. The second-order valence-electron chi connectivity index (χ2n) is 4.06. The summed E-state index contributed by atoms with van der Waals surface area (Å²) in [6, 6.07) is 8.55. The minimum atomic E-state index is 0.714. The van der Waals surface area contributed by atoms with Crippen molar-refractivity contribution in [3.63, 3.8) is 0 Å². The summed E-state index contributed by atoms with van der Waals surface area (Å²) in [6.45, 7) is 8.83. The first kappa shape index (κ1) is 13.8. The largest absolute Gasteiger partial charge is 0.313 e. The summed E-state index contributed by atoms with van der Waals surface area (Å²) < 4.78 is 0. The predicted octanol–water partition coefficient (Wildman–Crippen LogP) is 2.25. The zero-order valence-corrected chi connectivity index (χ0v) is 10.9. The quantitative estimate of drug-likeness (QED) is 0.723. The standard InChI is InChI=1S/C15H22N2/c1-4-11-17(6-3)13-15-10-8-7-9-14(15)12-16-5-2/h1,7-10,16H,5-6,11-13H2,2-3H3. The molecule has 0 bridgehead atoms. The molecule has 2 nitrogen and oxygen atoms in total. The molecule has 1 aromatic rings. The molecule has 0 amide bonds. The average Bonchev–Trinajstić information content (AvgIpc) is 2.37. The molecule has 92 valence electrons. The fraction of sp³-hybridized carbons (Fsp3) is 0.467. The van der Waals surface area contributed by atoms with Crippen LogP contribution in [0.15, 0.2) is 24.3 Å². The second-order valence-corrected chi connectivity index (χ2v) is 4.06. The van der Waals surface area contributed by atoms with Gasteiger partial charge in [-0.1, -0.05) is 44.0 Å². The lowest BCUT2D eigenvalue weighted by molar-refractivity contribution is 0.315. The van der Waals surface area contributed by atoms with E-state index in [1.165, 1.54) is 11.1 Å². The molecule has 1 aromatic carbocycles. The van der Waals surface area contributed by atoms with E-state index < -0.39 is 0 Å². The number of terminal acetylenes is 1. The first-order valence-electron chi connectivity index (χ1n) is 6.25. The van der Waals surface area contributed by atoms with Gasteiger partial charge in [-0.05, 0) is 24.2 Å². The molecule has 0 spiro atoms. The lowest BCUT2D eigenvalue weighted by Gasteiger charge is -2.19. The maximum absolute atomic E-state index is 5.37. The van der Waals surface area contributed by atoms with Crippen molar-refractivity contribution in [2.75, 3.05) is 19.6 Å². The molecule has 0 saturated heterocycles. The number of nitrogens with zero attached hydrogens (tertiary/aromatic N) is 1. The Morgan fingerprint density at radius 3 is 2.53 bits per heavy atom. The van der Waals surface area contributed by atoms with Gasteiger partial charge in [-0.3, -0.25) is 4.90 Å². The fourth-order valence-electron chi connectivity index (χ4n) is 1.79. The maximum Gasteiger partial charge on any atom is 0.0601 e. The van der Waals surface area contributed by atoms with Gasteiger partial charge in [0.05, 0.1) is 6.54 Å². The summed E-state index contributed by atoms with van der Waals surface area (Å²) in [5.41, 5.74) is 2.73. The first-order valence-corrected chi connectivity index (χ1v) is 6.25. The smallest absolute Gasteiger partial charge is 0.0601 e. The molecule has 0 unspecified atom stereocenters. The monoisotopic (exact) mass is 230 g/mol. The van der Waals surface area contributed by atoms with Gasteiger partial charge < -0.3 is 5.32 Å². The van der Waals surface area contributed by atoms with Crippen LogP contribution in [0.1, 0.15) is 25.0 Å². The minimum absolute atomic E-state index is 0.714. The van der Waals surface area contributed by atoms with E-state index in [1.54, 1.807) is 0 Å². The Balaban J connectivity index is 2.71. The van der Waals surface area contributed by atoms with E-state index in [1.807, 2.05) is 0 Å². The Labute approximate surface area is 105 Å². The third-order valence-electron chi connectivity index (χ3n) is 2.84. The van der Waals surface area contributed by atoms with Crippen molar-refractivity contribution < 1.29 is 0 Å². The van der Waals surface area contributed by atoms with Gasteiger partial charge in [0.1, 0.15) is 0 Å². The van der Waals surface area contributed by atoms with Crippen LogP contribution in [0.3, 0.4) is 0 Å². The molecular weight excluding hydrogens is 208 g/mol. The summed E-state index contributed by atoms with van der Waals surface area (Å²) in [4.78, 5) is 2.27. The van der Waals surface area contributed by atoms with Crippen LogP contribution in [-0.4, -0.2) is 24.5 Å². The van der Waals surface area contributed by atoms with Gasteiger partial charge in [-0.25, -0.2) is 0 Å². The number of nitrogens with one attached hydrogen (secondary N) is 1. The van der Waals surface area contributed by atoms with Crippen molar-refractivity contribution in [3.05, 3.63) is 35.4 Å². The van der Waals surface area contributed by atoms with E-state index >= 15 is 0 Å². The highest BCUT2D eigenvalue weighted by molar-refractivity contribution is 5.27. The van der Waals surface area contributed by atoms with Crippen LogP contribution in [0, 0.1) is 12.3 Å². The van der Waals surface area contributed by atoms with Gasteiger partial charge in [0.15, 0.2) is 0 Å². The van der Waals surface area contributed by atoms with Gasteiger partial charge in [-0.15, -0.1) is 6.42 Å². The third-order valence-corrected chi connectivity index (χ3v) is 2.84. The SMILES string of the molecule is C#CCN(CC)Cc1ccccc1CNCC. The lowest BCUT2D eigenvalue weighted by atomic mass is 10.1. The van der Waals surface area contributed by atoms with Crippen molar-refractivity contribution in [1.29, 1.82) is 0 Å². The van der Waals surface area contributed by atoms with E-state index in [-0.39, 0.29) is 0 Å². The van der Waals surface area contributed by atoms with Crippen molar-refractivity contribution in [1.82, 2.24) is 10.2 Å². The number of hydrogen-bond acceptors (Lipinski definition) is 2. The summed E-state index contributed by atoms with van der Waals surface area (Å²) in [5.74, 6) is 2.71. The Kier molecular flexibility index (Phi) is 6.39. The third kappa shape index (κ3) is 4.60. The van der Waals surface area contributed by atoms with Crippen molar-refractivity contribution >= 4 is 0 Å². The van der Waals surface area contributed by atoms with Crippen molar-refractivity contribution in [2.45, 2.75) is 26.9 Å². The predicted molar refractivity (Wildman–Crippen MR) is 73.6 cm³/mol. The van der Waals surface area contributed by atoms with Crippen LogP contribution in [0.25, 0.3) is 0 Å². The van der Waals surface area contributed by atoms with Crippen LogP contribution >= 0.6 is 0 Å². The topological polar surface area (TPSA) is 15.3 Å². The van der Waals surface area contributed by atoms with Crippen LogP contribution in [-0.2, 0) is 13.1 Å². The molecule has 0 aliphatic carbocycles. The molecule has 0 fully saturated rings. The normalized spacial score (nSPS) is 10.5. The molecule has 0 aliphatic rings. The van der Waals surface area contributed by atoms with Gasteiger partial charge in [-0.2, -0.15) is 0 Å². The molecule has 2 heteroatoms. The summed E-state index contributed by atoms with van der Waals surface area (Å²) >= 11 is 0. The second kappa shape index (κ2) is 7.89. The fourth-order valence-corrected chi connectivity index (χ4v) is 1.79. The Morgan fingerprint density at radius 1 is 1.24 bits per heavy atom. The number of benzene rings is 1. The molecule has 0 aliphatic heterocycles. The van der Waals surface area contributed by atoms with Crippen molar-refractivity contribution in [3.8, 4) is 12.3 Å². The van der Waals surface area contributed by atoms with Crippen LogP contribution in [0.4, 0.5) is 0 Å². The highest BCUT2D eigenvalue weighted by atomic mass is 15.1. The van der Waals surface area contributed by atoms with E-state index in [0.29, 0.717) is 6.54 Å². The number of rotatable bonds is 7. The van der Waals surface area contributed by atoms with E-state index in [2.05, 4.69) is 54.3 Å². The molecule has 17 heavy (non-hydrogen) atoms. The van der Waals surface area contributed by atoms with Crippen LogP contribution in [0.5, 0.6) is 0 Å². The average molecular weight is 230 g/mol. The molecule has 0 aromatic heterocycles. The molecule has 1 rings (SSSR count). The molecule has 0 saturated carbocycles.